The minimum atomic E-state index is -3.56. The number of amides is 1. The van der Waals surface area contributed by atoms with Gasteiger partial charge in [-0.3, -0.25) is 15.1 Å². The third-order valence-electron chi connectivity index (χ3n) is 5.58. The van der Waals surface area contributed by atoms with Crippen LogP contribution in [0.3, 0.4) is 0 Å². The SMILES string of the molecule is Cc1ccc(S(=O)(=O)N2CCCC([C@]3(C)CC(=O)N(C)C(=N)N3)C2)cc1. The van der Waals surface area contributed by atoms with Gasteiger partial charge in [-0.1, -0.05) is 17.7 Å². The number of rotatable bonds is 3. The Morgan fingerprint density at radius 1 is 1.27 bits per heavy atom. The minimum absolute atomic E-state index is 0.0329. The summed E-state index contributed by atoms with van der Waals surface area (Å²) in [6.45, 7) is 4.67. The molecule has 0 radical (unpaired) electrons. The Balaban J connectivity index is 1.82. The topological polar surface area (TPSA) is 93.6 Å². The van der Waals surface area contributed by atoms with Gasteiger partial charge in [0.1, 0.15) is 0 Å². The molecule has 0 spiro atoms. The zero-order valence-electron chi connectivity index (χ0n) is 15.4. The standard InChI is InChI=1S/C18H26N4O3S/c1-13-6-8-15(9-7-13)26(24,25)22-10-4-5-14(12-22)18(2)11-16(23)21(3)17(19)20-18/h6-9,14H,4-5,10-12H2,1-3H3,(H2,19,20)/t14?,18-/m0/s1. The predicted molar refractivity (Wildman–Crippen MR) is 99.3 cm³/mol. The average Bonchev–Trinajstić information content (AvgIpc) is 2.60. The summed E-state index contributed by atoms with van der Waals surface area (Å²) >= 11 is 0. The molecule has 2 aliphatic rings. The summed E-state index contributed by atoms with van der Waals surface area (Å²) in [6.07, 6.45) is 1.83. The zero-order valence-corrected chi connectivity index (χ0v) is 16.3. The molecule has 0 aromatic heterocycles. The van der Waals surface area contributed by atoms with Gasteiger partial charge in [0.2, 0.25) is 15.9 Å². The van der Waals surface area contributed by atoms with Gasteiger partial charge in [-0.2, -0.15) is 4.31 Å². The minimum Gasteiger partial charge on any atom is -0.350 e. The van der Waals surface area contributed by atoms with E-state index in [1.54, 1.807) is 31.3 Å². The third kappa shape index (κ3) is 3.35. The summed E-state index contributed by atoms with van der Waals surface area (Å²) < 4.78 is 27.5. The molecule has 0 aliphatic carbocycles. The molecule has 1 amide bonds. The van der Waals surface area contributed by atoms with E-state index in [4.69, 9.17) is 5.41 Å². The lowest BCUT2D eigenvalue weighted by atomic mass is 9.77. The molecule has 1 unspecified atom stereocenters. The maximum atomic E-state index is 13.0. The lowest BCUT2D eigenvalue weighted by Gasteiger charge is -2.47. The summed E-state index contributed by atoms with van der Waals surface area (Å²) in [4.78, 5) is 13.8. The van der Waals surface area contributed by atoms with E-state index in [9.17, 15) is 13.2 Å². The first-order chi connectivity index (χ1) is 12.1. The normalized spacial score (nSPS) is 28.1. The molecule has 2 heterocycles. The maximum absolute atomic E-state index is 13.0. The predicted octanol–water partition coefficient (Wildman–Crippen LogP) is 1.54. The van der Waals surface area contributed by atoms with Gasteiger partial charge in [-0.05, 0) is 44.7 Å². The molecule has 3 rings (SSSR count). The molecule has 0 bridgehead atoms. The summed E-state index contributed by atoms with van der Waals surface area (Å²) in [6, 6.07) is 6.88. The second-order valence-corrected chi connectivity index (χ2v) is 9.47. The van der Waals surface area contributed by atoms with Crippen LogP contribution in [0.25, 0.3) is 0 Å². The van der Waals surface area contributed by atoms with Crippen molar-refractivity contribution < 1.29 is 13.2 Å². The van der Waals surface area contributed by atoms with E-state index < -0.39 is 15.6 Å². The number of guanidine groups is 1. The fourth-order valence-corrected chi connectivity index (χ4v) is 5.27. The molecule has 1 aromatic rings. The second kappa shape index (κ2) is 6.66. The molecule has 8 heteroatoms. The molecule has 26 heavy (non-hydrogen) atoms. The fourth-order valence-electron chi connectivity index (χ4n) is 3.74. The molecule has 2 saturated heterocycles. The van der Waals surface area contributed by atoms with Crippen molar-refractivity contribution in [2.45, 2.75) is 43.5 Å². The molecule has 2 N–H and O–H groups in total. The number of sulfonamides is 1. The number of carbonyl (C=O) groups excluding carboxylic acids is 1. The number of nitrogens with one attached hydrogen (secondary N) is 2. The Hall–Kier alpha value is -1.93. The largest absolute Gasteiger partial charge is 0.350 e. The van der Waals surface area contributed by atoms with Crippen LogP contribution in [-0.2, 0) is 14.8 Å². The van der Waals surface area contributed by atoms with Crippen molar-refractivity contribution in [1.82, 2.24) is 14.5 Å². The van der Waals surface area contributed by atoms with Crippen molar-refractivity contribution in [2.75, 3.05) is 20.1 Å². The molecular formula is C18H26N4O3S. The summed E-state index contributed by atoms with van der Waals surface area (Å²) in [7, 11) is -1.98. The molecule has 2 aliphatic heterocycles. The van der Waals surface area contributed by atoms with Crippen molar-refractivity contribution >= 4 is 21.9 Å². The number of hydrogen-bond acceptors (Lipinski definition) is 4. The summed E-state index contributed by atoms with van der Waals surface area (Å²) in [5, 5.41) is 11.1. The monoisotopic (exact) mass is 378 g/mol. The molecule has 2 atom stereocenters. The van der Waals surface area contributed by atoms with Gasteiger partial charge in [-0.25, -0.2) is 8.42 Å². The van der Waals surface area contributed by atoms with E-state index in [2.05, 4.69) is 5.32 Å². The quantitative estimate of drug-likeness (QED) is 0.834. The first kappa shape index (κ1) is 18.8. The Bertz CT molecular complexity index is 801. The number of piperidine rings is 1. The van der Waals surface area contributed by atoms with E-state index in [0.29, 0.717) is 18.0 Å². The zero-order chi connectivity index (χ0) is 19.1. The highest BCUT2D eigenvalue weighted by molar-refractivity contribution is 7.89. The van der Waals surface area contributed by atoms with Crippen molar-refractivity contribution in [3.05, 3.63) is 29.8 Å². The molecular weight excluding hydrogens is 352 g/mol. The molecule has 7 nitrogen and oxygen atoms in total. The first-order valence-corrected chi connectivity index (χ1v) is 10.3. The van der Waals surface area contributed by atoms with Gasteiger partial charge < -0.3 is 5.32 Å². The molecule has 0 saturated carbocycles. The van der Waals surface area contributed by atoms with Gasteiger partial charge in [0.25, 0.3) is 0 Å². The van der Waals surface area contributed by atoms with E-state index in [1.807, 2.05) is 13.8 Å². The van der Waals surface area contributed by atoms with Crippen molar-refractivity contribution in [2.24, 2.45) is 5.92 Å². The van der Waals surface area contributed by atoms with Gasteiger partial charge in [0, 0.05) is 20.1 Å². The number of hydrogen-bond donors (Lipinski definition) is 2. The van der Waals surface area contributed by atoms with Gasteiger partial charge in [0.15, 0.2) is 5.96 Å². The highest BCUT2D eigenvalue weighted by Crippen LogP contribution is 2.34. The lowest BCUT2D eigenvalue weighted by Crippen LogP contribution is -2.65. The highest BCUT2D eigenvalue weighted by Gasteiger charge is 2.45. The molecule has 142 valence electrons. The summed E-state index contributed by atoms with van der Waals surface area (Å²) in [5.41, 5.74) is 0.405. The number of nitrogens with zero attached hydrogens (tertiary/aromatic N) is 2. The smallest absolute Gasteiger partial charge is 0.243 e. The summed E-state index contributed by atoms with van der Waals surface area (Å²) in [5.74, 6) is -0.0773. The van der Waals surface area contributed by atoms with Gasteiger partial charge in [-0.15, -0.1) is 0 Å². The first-order valence-electron chi connectivity index (χ1n) is 8.83. The Morgan fingerprint density at radius 3 is 2.54 bits per heavy atom. The second-order valence-electron chi connectivity index (χ2n) is 7.54. The maximum Gasteiger partial charge on any atom is 0.243 e. The Labute approximate surface area is 154 Å². The van der Waals surface area contributed by atoms with Crippen molar-refractivity contribution in [1.29, 1.82) is 5.41 Å². The van der Waals surface area contributed by atoms with Crippen LogP contribution in [0.2, 0.25) is 0 Å². The van der Waals surface area contributed by atoms with E-state index in [-0.39, 0.29) is 24.2 Å². The van der Waals surface area contributed by atoms with E-state index in [0.717, 1.165) is 18.4 Å². The average molecular weight is 378 g/mol. The van der Waals surface area contributed by atoms with Crippen LogP contribution < -0.4 is 5.32 Å². The third-order valence-corrected chi connectivity index (χ3v) is 7.46. The van der Waals surface area contributed by atoms with Gasteiger partial charge in [0.05, 0.1) is 16.9 Å². The van der Waals surface area contributed by atoms with Crippen LogP contribution in [0, 0.1) is 18.3 Å². The van der Waals surface area contributed by atoms with Crippen LogP contribution in [0.5, 0.6) is 0 Å². The Morgan fingerprint density at radius 2 is 1.92 bits per heavy atom. The van der Waals surface area contributed by atoms with Crippen LogP contribution in [-0.4, -0.2) is 55.2 Å². The van der Waals surface area contributed by atoms with Crippen LogP contribution in [0.4, 0.5) is 0 Å². The fraction of sp³-hybridized carbons (Fsp3) is 0.556. The number of carbonyl (C=O) groups is 1. The lowest BCUT2D eigenvalue weighted by molar-refractivity contribution is -0.130. The van der Waals surface area contributed by atoms with Gasteiger partial charge >= 0.3 is 0 Å². The van der Waals surface area contributed by atoms with E-state index >= 15 is 0 Å². The number of aryl methyl sites for hydroxylation is 1. The van der Waals surface area contributed by atoms with Crippen molar-refractivity contribution in [3.63, 3.8) is 0 Å². The molecule has 2 fully saturated rings. The van der Waals surface area contributed by atoms with Crippen LogP contribution >= 0.6 is 0 Å². The Kier molecular flexibility index (Phi) is 4.83. The van der Waals surface area contributed by atoms with Crippen LogP contribution in [0.1, 0.15) is 31.7 Å². The van der Waals surface area contributed by atoms with E-state index in [1.165, 1.54) is 9.21 Å². The highest BCUT2D eigenvalue weighted by atomic mass is 32.2. The van der Waals surface area contributed by atoms with Crippen LogP contribution in [0.15, 0.2) is 29.2 Å². The van der Waals surface area contributed by atoms with Crippen molar-refractivity contribution in [3.8, 4) is 0 Å². The number of benzene rings is 1. The molecule has 1 aromatic carbocycles.